The molecule has 0 radical (unpaired) electrons. The third-order valence-corrected chi connectivity index (χ3v) is 3.72. The topological polar surface area (TPSA) is 82.4 Å². The number of ether oxygens (including phenoxy) is 2. The second-order valence-corrected chi connectivity index (χ2v) is 6.36. The fourth-order valence-electron chi connectivity index (χ4n) is 2.48. The number of hydrogen-bond acceptors (Lipinski definition) is 5. The summed E-state index contributed by atoms with van der Waals surface area (Å²) in [4.78, 5) is 24.4. The van der Waals surface area contributed by atoms with Crippen LogP contribution >= 0.6 is 0 Å². The number of hydrogen-bond donors (Lipinski definition) is 1. The predicted octanol–water partition coefficient (Wildman–Crippen LogP) is 2.64. The SMILES string of the molecule is COc1ccc(C(CC(=O)OC(C)C)NC(=O)/C=C/c2cnn(C)c2)cc1. The normalized spacial score (nSPS) is 12.2. The Balaban J connectivity index is 2.11. The van der Waals surface area contributed by atoms with Gasteiger partial charge in [-0.3, -0.25) is 14.3 Å². The molecule has 2 aromatic rings. The lowest BCUT2D eigenvalue weighted by Crippen LogP contribution is -2.29. The van der Waals surface area contributed by atoms with E-state index in [4.69, 9.17) is 9.47 Å². The minimum Gasteiger partial charge on any atom is -0.497 e. The van der Waals surface area contributed by atoms with E-state index in [-0.39, 0.29) is 24.4 Å². The standard InChI is InChI=1S/C20H25N3O4/c1-14(2)27-20(25)11-18(16-6-8-17(26-4)9-7-16)22-19(24)10-5-15-12-21-23(3)13-15/h5-10,12-14,18H,11H2,1-4H3,(H,22,24)/b10-5+. The highest BCUT2D eigenvalue weighted by atomic mass is 16.5. The van der Waals surface area contributed by atoms with Gasteiger partial charge >= 0.3 is 5.97 Å². The molecule has 1 N–H and O–H groups in total. The molecule has 0 fully saturated rings. The van der Waals surface area contributed by atoms with Crippen LogP contribution in [0.5, 0.6) is 5.75 Å². The van der Waals surface area contributed by atoms with Gasteiger partial charge in [0.1, 0.15) is 5.75 Å². The molecule has 0 aliphatic rings. The number of nitrogens with zero attached hydrogens (tertiary/aromatic N) is 2. The van der Waals surface area contributed by atoms with Crippen molar-refractivity contribution < 1.29 is 19.1 Å². The van der Waals surface area contributed by atoms with Crippen molar-refractivity contribution in [3.63, 3.8) is 0 Å². The molecule has 144 valence electrons. The molecule has 0 saturated heterocycles. The maximum Gasteiger partial charge on any atom is 0.308 e. The average molecular weight is 371 g/mol. The zero-order valence-electron chi connectivity index (χ0n) is 16.0. The first-order valence-electron chi connectivity index (χ1n) is 8.68. The molecule has 0 spiro atoms. The molecular weight excluding hydrogens is 346 g/mol. The van der Waals surface area contributed by atoms with Gasteiger partial charge in [0.15, 0.2) is 0 Å². The van der Waals surface area contributed by atoms with Gasteiger partial charge in [0.05, 0.1) is 31.9 Å². The van der Waals surface area contributed by atoms with Crippen LogP contribution in [0.15, 0.2) is 42.7 Å². The van der Waals surface area contributed by atoms with E-state index >= 15 is 0 Å². The third kappa shape index (κ3) is 6.62. The molecule has 0 saturated carbocycles. The lowest BCUT2D eigenvalue weighted by Gasteiger charge is -2.19. The first-order valence-corrected chi connectivity index (χ1v) is 8.68. The van der Waals surface area contributed by atoms with Gasteiger partial charge < -0.3 is 14.8 Å². The molecule has 1 heterocycles. The van der Waals surface area contributed by atoms with E-state index in [9.17, 15) is 9.59 Å². The summed E-state index contributed by atoms with van der Waals surface area (Å²) in [6, 6.07) is 6.70. The molecule has 0 aliphatic carbocycles. The lowest BCUT2D eigenvalue weighted by atomic mass is 10.0. The molecule has 1 unspecified atom stereocenters. The third-order valence-electron chi connectivity index (χ3n) is 3.72. The first kappa shape index (κ1) is 20.2. The smallest absolute Gasteiger partial charge is 0.308 e. The highest BCUT2D eigenvalue weighted by Crippen LogP contribution is 2.21. The zero-order chi connectivity index (χ0) is 19.8. The second-order valence-electron chi connectivity index (χ2n) is 6.36. The van der Waals surface area contributed by atoms with Crippen LogP contribution in [0, 0.1) is 0 Å². The number of amides is 1. The summed E-state index contributed by atoms with van der Waals surface area (Å²) in [6.45, 7) is 3.57. The molecule has 1 aromatic heterocycles. The molecule has 7 nitrogen and oxygen atoms in total. The monoisotopic (exact) mass is 371 g/mol. The van der Waals surface area contributed by atoms with E-state index in [1.807, 2.05) is 12.1 Å². The van der Waals surface area contributed by atoms with E-state index in [2.05, 4.69) is 10.4 Å². The molecule has 27 heavy (non-hydrogen) atoms. The summed E-state index contributed by atoms with van der Waals surface area (Å²) in [5.74, 6) is 0.0180. The molecular formula is C20H25N3O4. The van der Waals surface area contributed by atoms with E-state index < -0.39 is 6.04 Å². The number of nitrogens with one attached hydrogen (secondary N) is 1. The predicted molar refractivity (Wildman–Crippen MR) is 102 cm³/mol. The summed E-state index contributed by atoms with van der Waals surface area (Å²) < 4.78 is 12.0. The van der Waals surface area contributed by atoms with Crippen LogP contribution in [-0.2, 0) is 21.4 Å². The van der Waals surface area contributed by atoms with Gasteiger partial charge in [-0.1, -0.05) is 12.1 Å². The number of carbonyl (C=O) groups is 2. The van der Waals surface area contributed by atoms with E-state index in [0.29, 0.717) is 5.75 Å². The summed E-state index contributed by atoms with van der Waals surface area (Å²) >= 11 is 0. The van der Waals surface area contributed by atoms with Crippen molar-refractivity contribution in [3.05, 3.63) is 53.9 Å². The van der Waals surface area contributed by atoms with Crippen molar-refractivity contribution in [1.29, 1.82) is 0 Å². The Morgan fingerprint density at radius 2 is 1.96 bits per heavy atom. The highest BCUT2D eigenvalue weighted by molar-refractivity contribution is 5.92. The molecule has 1 aromatic carbocycles. The summed E-state index contributed by atoms with van der Waals surface area (Å²) in [6.07, 6.45) is 6.36. The molecule has 7 heteroatoms. The van der Waals surface area contributed by atoms with Gasteiger partial charge in [0.2, 0.25) is 5.91 Å². The van der Waals surface area contributed by atoms with Crippen molar-refractivity contribution in [1.82, 2.24) is 15.1 Å². The molecule has 1 atom stereocenters. The van der Waals surface area contributed by atoms with Crippen LogP contribution in [0.4, 0.5) is 0 Å². The van der Waals surface area contributed by atoms with Gasteiger partial charge in [-0.05, 0) is 37.6 Å². The van der Waals surface area contributed by atoms with Crippen molar-refractivity contribution >= 4 is 18.0 Å². The van der Waals surface area contributed by atoms with Crippen molar-refractivity contribution in [2.45, 2.75) is 32.4 Å². The number of aryl methyl sites for hydroxylation is 1. The Morgan fingerprint density at radius 1 is 1.26 bits per heavy atom. The average Bonchev–Trinajstić information content (AvgIpc) is 3.04. The van der Waals surface area contributed by atoms with Crippen molar-refractivity contribution in [2.75, 3.05) is 7.11 Å². The number of carbonyl (C=O) groups excluding carboxylic acids is 2. The minimum absolute atomic E-state index is 0.0387. The van der Waals surface area contributed by atoms with Crippen LogP contribution in [0.2, 0.25) is 0 Å². The fraction of sp³-hybridized carbons (Fsp3) is 0.350. The van der Waals surface area contributed by atoms with Gasteiger partial charge in [-0.2, -0.15) is 5.10 Å². The minimum atomic E-state index is -0.506. The highest BCUT2D eigenvalue weighted by Gasteiger charge is 2.19. The van der Waals surface area contributed by atoms with E-state index in [0.717, 1.165) is 11.1 Å². The van der Waals surface area contributed by atoms with Crippen LogP contribution in [-0.4, -0.2) is 34.9 Å². The van der Waals surface area contributed by atoms with Gasteiger partial charge in [-0.15, -0.1) is 0 Å². The Kier molecular flexibility index (Phi) is 7.16. The molecule has 0 aliphatic heterocycles. The van der Waals surface area contributed by atoms with E-state index in [1.54, 1.807) is 63.3 Å². The molecule has 2 rings (SSSR count). The fourth-order valence-corrected chi connectivity index (χ4v) is 2.48. The molecule has 0 bridgehead atoms. The van der Waals surface area contributed by atoms with Crippen LogP contribution in [0.1, 0.15) is 37.4 Å². The second kappa shape index (κ2) is 9.56. The van der Waals surface area contributed by atoms with Crippen LogP contribution < -0.4 is 10.1 Å². The number of methoxy groups -OCH3 is 1. The maximum atomic E-state index is 12.3. The number of esters is 1. The summed E-state index contributed by atoms with van der Waals surface area (Å²) in [7, 11) is 3.38. The van der Waals surface area contributed by atoms with Crippen LogP contribution in [0.25, 0.3) is 6.08 Å². The van der Waals surface area contributed by atoms with Crippen LogP contribution in [0.3, 0.4) is 0 Å². The summed E-state index contributed by atoms with van der Waals surface area (Å²) in [5, 5.41) is 6.90. The zero-order valence-corrected chi connectivity index (χ0v) is 16.0. The quantitative estimate of drug-likeness (QED) is 0.570. The van der Waals surface area contributed by atoms with Gasteiger partial charge in [0.25, 0.3) is 0 Å². The Hall–Kier alpha value is -3.09. The first-order chi connectivity index (χ1) is 12.9. The van der Waals surface area contributed by atoms with Crippen molar-refractivity contribution in [3.8, 4) is 5.75 Å². The van der Waals surface area contributed by atoms with E-state index in [1.165, 1.54) is 6.08 Å². The van der Waals surface area contributed by atoms with Gasteiger partial charge in [0, 0.05) is 24.9 Å². The molecule has 1 amide bonds. The Morgan fingerprint density at radius 3 is 2.52 bits per heavy atom. The lowest BCUT2D eigenvalue weighted by molar-refractivity contribution is -0.148. The Bertz CT molecular complexity index is 794. The number of rotatable bonds is 8. The number of benzene rings is 1. The van der Waals surface area contributed by atoms with Crippen molar-refractivity contribution in [2.24, 2.45) is 7.05 Å². The summed E-state index contributed by atoms with van der Waals surface area (Å²) in [5.41, 5.74) is 1.60. The Labute approximate surface area is 159 Å². The maximum absolute atomic E-state index is 12.3. The largest absolute Gasteiger partial charge is 0.497 e. The number of aromatic nitrogens is 2. The van der Waals surface area contributed by atoms with Gasteiger partial charge in [-0.25, -0.2) is 0 Å².